The number of nitrogens with zero attached hydrogens (tertiary/aromatic N) is 1. The van der Waals surface area contributed by atoms with Crippen molar-refractivity contribution in [1.29, 1.82) is 0 Å². The summed E-state index contributed by atoms with van der Waals surface area (Å²) in [6.07, 6.45) is 0. The highest BCUT2D eigenvalue weighted by Gasteiger charge is 2.29. The van der Waals surface area contributed by atoms with Crippen molar-refractivity contribution in [2.75, 3.05) is 4.90 Å². The van der Waals surface area contributed by atoms with E-state index in [2.05, 4.69) is 0 Å². The topological polar surface area (TPSA) is 60.8 Å². The molecule has 0 bridgehead atoms. The number of benzene rings is 4. The number of carbonyl (C=O) groups excluding carboxylic acids is 1. The van der Waals surface area contributed by atoms with Crippen molar-refractivity contribution >= 4 is 11.6 Å². The van der Waals surface area contributed by atoms with Crippen LogP contribution in [0.4, 0.5) is 5.69 Å². The summed E-state index contributed by atoms with van der Waals surface area (Å²) in [6.45, 7) is 0. The predicted molar refractivity (Wildman–Crippen MR) is 118 cm³/mol. The minimum absolute atomic E-state index is 0.145. The summed E-state index contributed by atoms with van der Waals surface area (Å²) >= 11 is 0. The predicted octanol–water partition coefficient (Wildman–Crippen LogP) is 5.53. The van der Waals surface area contributed by atoms with Crippen LogP contribution in [-0.4, -0.2) is 16.1 Å². The van der Waals surface area contributed by atoms with Crippen LogP contribution >= 0.6 is 0 Å². The Morgan fingerprint density at radius 1 is 0.600 bits per heavy atom. The van der Waals surface area contributed by atoms with Crippen LogP contribution in [0.1, 0.15) is 27.5 Å². The van der Waals surface area contributed by atoms with Gasteiger partial charge >= 0.3 is 0 Å². The molecule has 0 saturated heterocycles. The lowest BCUT2D eigenvalue weighted by molar-refractivity contribution is 0.0980. The molecule has 4 rings (SSSR count). The van der Waals surface area contributed by atoms with Gasteiger partial charge in [0.2, 0.25) is 0 Å². The molecule has 0 heterocycles. The van der Waals surface area contributed by atoms with Gasteiger partial charge < -0.3 is 10.2 Å². The summed E-state index contributed by atoms with van der Waals surface area (Å²) in [5.74, 6) is 0.167. The number of anilines is 1. The highest BCUT2D eigenvalue weighted by atomic mass is 16.3. The Balaban J connectivity index is 1.91. The highest BCUT2D eigenvalue weighted by Crippen LogP contribution is 2.35. The van der Waals surface area contributed by atoms with Crippen LogP contribution in [0.5, 0.6) is 11.5 Å². The zero-order valence-electron chi connectivity index (χ0n) is 16.2. The minimum Gasteiger partial charge on any atom is -0.508 e. The second kappa shape index (κ2) is 8.53. The molecule has 2 N–H and O–H groups in total. The first-order valence-electron chi connectivity index (χ1n) is 9.65. The number of hydrogen-bond acceptors (Lipinski definition) is 3. The molecule has 0 aliphatic rings. The molecule has 4 heteroatoms. The second-order valence-corrected chi connectivity index (χ2v) is 6.96. The third kappa shape index (κ3) is 4.03. The number of rotatable bonds is 5. The first-order valence-corrected chi connectivity index (χ1v) is 9.65. The first kappa shape index (κ1) is 19.3. The molecule has 0 saturated carbocycles. The Kier molecular flexibility index (Phi) is 5.48. The van der Waals surface area contributed by atoms with Crippen LogP contribution in [0.25, 0.3) is 0 Å². The molecule has 4 aromatic rings. The lowest BCUT2D eigenvalue weighted by Crippen LogP contribution is -2.35. The van der Waals surface area contributed by atoms with Gasteiger partial charge in [0.1, 0.15) is 11.5 Å². The summed E-state index contributed by atoms with van der Waals surface area (Å²) in [4.78, 5) is 15.4. The van der Waals surface area contributed by atoms with Crippen LogP contribution < -0.4 is 4.90 Å². The number of phenols is 2. The number of amides is 1. The third-order valence-electron chi connectivity index (χ3n) is 4.95. The summed E-state index contributed by atoms with van der Waals surface area (Å²) in [6, 6.07) is 31.8. The molecule has 4 aromatic carbocycles. The van der Waals surface area contributed by atoms with Crippen molar-refractivity contribution in [2.24, 2.45) is 0 Å². The van der Waals surface area contributed by atoms with Gasteiger partial charge in [-0.05, 0) is 59.7 Å². The van der Waals surface area contributed by atoms with Gasteiger partial charge in [-0.1, -0.05) is 60.7 Å². The molecular weight excluding hydrogens is 374 g/mol. The summed E-state index contributed by atoms with van der Waals surface area (Å²) in [7, 11) is 0. The Labute approximate surface area is 175 Å². The van der Waals surface area contributed by atoms with Gasteiger partial charge in [0.25, 0.3) is 5.91 Å². The highest BCUT2D eigenvalue weighted by molar-refractivity contribution is 6.07. The smallest absolute Gasteiger partial charge is 0.259 e. The first-order chi connectivity index (χ1) is 14.6. The van der Waals surface area contributed by atoms with E-state index in [0.29, 0.717) is 5.56 Å². The van der Waals surface area contributed by atoms with Crippen molar-refractivity contribution in [1.82, 2.24) is 0 Å². The quantitative estimate of drug-likeness (QED) is 0.467. The molecular formula is C26H21NO3. The minimum atomic E-state index is -0.457. The molecule has 0 aliphatic heterocycles. The van der Waals surface area contributed by atoms with Crippen LogP contribution in [-0.2, 0) is 0 Å². The van der Waals surface area contributed by atoms with Gasteiger partial charge in [0.15, 0.2) is 0 Å². The average Bonchev–Trinajstić information content (AvgIpc) is 2.80. The Bertz CT molecular complexity index is 1060. The van der Waals surface area contributed by atoms with E-state index < -0.39 is 6.04 Å². The number of phenolic OH excluding ortho intramolecular Hbond substituents is 2. The molecule has 0 radical (unpaired) electrons. The van der Waals surface area contributed by atoms with Crippen LogP contribution in [0.15, 0.2) is 109 Å². The molecule has 30 heavy (non-hydrogen) atoms. The van der Waals surface area contributed by atoms with Gasteiger partial charge in [0, 0.05) is 11.3 Å². The van der Waals surface area contributed by atoms with E-state index in [1.807, 2.05) is 48.5 Å². The maximum Gasteiger partial charge on any atom is 0.259 e. The molecule has 1 amide bonds. The van der Waals surface area contributed by atoms with E-state index in [1.165, 1.54) is 0 Å². The number of aromatic hydroxyl groups is 2. The van der Waals surface area contributed by atoms with Crippen molar-refractivity contribution in [2.45, 2.75) is 6.04 Å². The van der Waals surface area contributed by atoms with Gasteiger partial charge in [-0.2, -0.15) is 0 Å². The SMILES string of the molecule is O=C(c1ccccc1)N(c1ccccc1)C(c1ccc(O)cc1)c1ccc(O)cc1. The largest absolute Gasteiger partial charge is 0.508 e. The number of carbonyl (C=O) groups is 1. The number of hydrogen-bond donors (Lipinski definition) is 2. The van der Waals surface area contributed by atoms with Gasteiger partial charge in [-0.25, -0.2) is 0 Å². The summed E-state index contributed by atoms with van der Waals surface area (Å²) in [5.41, 5.74) is 3.00. The van der Waals surface area contributed by atoms with Crippen molar-refractivity contribution in [3.8, 4) is 11.5 Å². The maximum absolute atomic E-state index is 13.7. The van der Waals surface area contributed by atoms with Crippen molar-refractivity contribution in [3.63, 3.8) is 0 Å². The van der Waals surface area contributed by atoms with Crippen LogP contribution in [0.3, 0.4) is 0 Å². The molecule has 4 nitrogen and oxygen atoms in total. The van der Waals surface area contributed by atoms with Gasteiger partial charge in [0.05, 0.1) is 6.04 Å². The van der Waals surface area contributed by atoms with E-state index in [1.54, 1.807) is 65.6 Å². The summed E-state index contributed by atoms with van der Waals surface area (Å²) in [5, 5.41) is 19.5. The van der Waals surface area contributed by atoms with E-state index in [9.17, 15) is 15.0 Å². The van der Waals surface area contributed by atoms with E-state index in [0.717, 1.165) is 16.8 Å². The Morgan fingerprint density at radius 3 is 1.50 bits per heavy atom. The molecule has 0 spiro atoms. The molecule has 148 valence electrons. The lowest BCUT2D eigenvalue weighted by atomic mass is 9.95. The maximum atomic E-state index is 13.7. The van der Waals surface area contributed by atoms with Crippen molar-refractivity contribution < 1.29 is 15.0 Å². The fourth-order valence-electron chi connectivity index (χ4n) is 3.50. The van der Waals surface area contributed by atoms with Crippen LogP contribution in [0.2, 0.25) is 0 Å². The van der Waals surface area contributed by atoms with E-state index in [4.69, 9.17) is 0 Å². The monoisotopic (exact) mass is 395 g/mol. The average molecular weight is 395 g/mol. The van der Waals surface area contributed by atoms with Crippen LogP contribution in [0, 0.1) is 0 Å². The molecule has 0 aromatic heterocycles. The molecule has 0 aliphatic carbocycles. The van der Waals surface area contributed by atoms with Gasteiger partial charge in [-0.3, -0.25) is 9.69 Å². The second-order valence-electron chi connectivity index (χ2n) is 6.96. The normalized spacial score (nSPS) is 10.7. The van der Waals surface area contributed by atoms with E-state index >= 15 is 0 Å². The fraction of sp³-hybridized carbons (Fsp3) is 0.0385. The molecule has 0 unspecified atom stereocenters. The molecule has 0 fully saturated rings. The van der Waals surface area contributed by atoms with Gasteiger partial charge in [-0.15, -0.1) is 0 Å². The lowest BCUT2D eigenvalue weighted by Gasteiger charge is -2.33. The zero-order valence-corrected chi connectivity index (χ0v) is 16.2. The molecule has 0 atom stereocenters. The Hall–Kier alpha value is -4.05. The standard InChI is InChI=1S/C26H21NO3/c28-23-15-11-19(12-16-23)25(20-13-17-24(29)18-14-20)27(22-9-5-2-6-10-22)26(30)21-7-3-1-4-8-21/h1-18,25,28-29H. The fourth-order valence-corrected chi connectivity index (χ4v) is 3.50. The van der Waals surface area contributed by atoms with E-state index in [-0.39, 0.29) is 17.4 Å². The Morgan fingerprint density at radius 2 is 1.03 bits per heavy atom. The zero-order chi connectivity index (χ0) is 20.9. The van der Waals surface area contributed by atoms with Crippen molar-refractivity contribution in [3.05, 3.63) is 126 Å². The summed E-state index contributed by atoms with van der Waals surface area (Å²) < 4.78 is 0. The number of para-hydroxylation sites is 1. The third-order valence-corrected chi connectivity index (χ3v) is 4.95.